The van der Waals surface area contributed by atoms with Crippen LogP contribution in [0.4, 0.5) is 0 Å². The molecular formula is C17H28N6O5. The number of carboxylic acids is 1. The Morgan fingerprint density at radius 2 is 1.71 bits per heavy atom. The fourth-order valence-electron chi connectivity index (χ4n) is 2.30. The molecule has 11 nitrogen and oxygen atoms in total. The predicted octanol–water partition coefficient (Wildman–Crippen LogP) is -1.49. The summed E-state index contributed by atoms with van der Waals surface area (Å²) in [6.45, 7) is 6.22. The molecule has 0 aliphatic rings. The number of carbonyl (C=O) groups excluding carboxylic acids is 3. The molecule has 0 bridgehead atoms. The van der Waals surface area contributed by atoms with Crippen LogP contribution in [0.5, 0.6) is 0 Å². The summed E-state index contributed by atoms with van der Waals surface area (Å²) in [6, 6.07) is -3.90. The molecule has 0 aliphatic heterocycles. The Morgan fingerprint density at radius 1 is 1.07 bits per heavy atom. The van der Waals surface area contributed by atoms with Gasteiger partial charge in [0.15, 0.2) is 0 Å². The third kappa shape index (κ3) is 6.99. The van der Waals surface area contributed by atoms with E-state index in [1.54, 1.807) is 13.8 Å². The average molecular weight is 396 g/mol. The number of amides is 3. The van der Waals surface area contributed by atoms with Gasteiger partial charge in [-0.2, -0.15) is 0 Å². The maximum atomic E-state index is 12.6. The van der Waals surface area contributed by atoms with Crippen LogP contribution in [-0.4, -0.2) is 62.9 Å². The summed E-state index contributed by atoms with van der Waals surface area (Å²) < 4.78 is 0. The van der Waals surface area contributed by atoms with Crippen LogP contribution in [0.25, 0.3) is 0 Å². The van der Waals surface area contributed by atoms with E-state index < -0.39 is 47.9 Å². The predicted molar refractivity (Wildman–Crippen MR) is 99.9 cm³/mol. The van der Waals surface area contributed by atoms with Gasteiger partial charge in [0.1, 0.15) is 18.1 Å². The average Bonchev–Trinajstić information content (AvgIpc) is 3.10. The Labute approximate surface area is 162 Å². The zero-order valence-electron chi connectivity index (χ0n) is 16.4. The van der Waals surface area contributed by atoms with E-state index in [2.05, 4.69) is 25.9 Å². The molecule has 0 saturated carbocycles. The number of hydrogen-bond acceptors (Lipinski definition) is 6. The van der Waals surface area contributed by atoms with Gasteiger partial charge in [-0.1, -0.05) is 13.8 Å². The summed E-state index contributed by atoms with van der Waals surface area (Å²) in [5, 5.41) is 16.6. The van der Waals surface area contributed by atoms with Crippen LogP contribution in [0.15, 0.2) is 12.5 Å². The lowest BCUT2D eigenvalue weighted by atomic mass is 10.0. The number of nitrogens with two attached hydrogens (primary N) is 1. The fraction of sp³-hybridized carbons (Fsp3) is 0.588. The van der Waals surface area contributed by atoms with Crippen molar-refractivity contribution in [1.29, 1.82) is 0 Å². The Kier molecular flexibility index (Phi) is 8.58. The SMILES string of the molecule is CC(N)C(=O)NC(Cc1cnc[nH]1)C(=O)NC(C)C(=O)NC(C(=O)O)C(C)C. The number of nitrogens with one attached hydrogen (secondary N) is 4. The Bertz CT molecular complexity index is 688. The van der Waals surface area contributed by atoms with Crippen molar-refractivity contribution in [1.82, 2.24) is 25.9 Å². The number of imidazole rings is 1. The topological polar surface area (TPSA) is 179 Å². The van der Waals surface area contributed by atoms with Crippen LogP contribution in [0, 0.1) is 5.92 Å². The van der Waals surface area contributed by atoms with E-state index in [-0.39, 0.29) is 12.3 Å². The summed E-state index contributed by atoms with van der Waals surface area (Å²) in [6.07, 6.45) is 3.06. The second-order valence-corrected chi connectivity index (χ2v) is 6.93. The number of carboxylic acid groups (broad SMARTS) is 1. The van der Waals surface area contributed by atoms with E-state index in [0.717, 1.165) is 0 Å². The van der Waals surface area contributed by atoms with Gasteiger partial charge in [-0.25, -0.2) is 9.78 Å². The van der Waals surface area contributed by atoms with Crippen LogP contribution >= 0.6 is 0 Å². The minimum absolute atomic E-state index is 0.113. The normalized spacial score (nSPS) is 15.2. The lowest BCUT2D eigenvalue weighted by Gasteiger charge is -2.23. The second-order valence-electron chi connectivity index (χ2n) is 6.93. The molecule has 0 fully saturated rings. The van der Waals surface area contributed by atoms with E-state index in [4.69, 9.17) is 10.8 Å². The maximum absolute atomic E-state index is 12.6. The molecule has 28 heavy (non-hydrogen) atoms. The van der Waals surface area contributed by atoms with E-state index in [0.29, 0.717) is 5.69 Å². The van der Waals surface area contributed by atoms with Crippen LogP contribution < -0.4 is 21.7 Å². The number of rotatable bonds is 10. The molecule has 1 rings (SSSR count). The molecule has 0 saturated heterocycles. The minimum Gasteiger partial charge on any atom is -0.480 e. The number of hydrogen-bond donors (Lipinski definition) is 6. The molecule has 0 aromatic carbocycles. The van der Waals surface area contributed by atoms with E-state index in [1.165, 1.54) is 26.4 Å². The first-order valence-electron chi connectivity index (χ1n) is 8.89. The van der Waals surface area contributed by atoms with Crippen molar-refractivity contribution in [2.24, 2.45) is 11.7 Å². The molecule has 4 atom stereocenters. The standard InChI is InChI=1S/C17H28N6O5/c1-8(2)13(17(27)28)23-15(25)10(4)21-16(26)12(22-14(24)9(3)18)5-11-6-19-7-20-11/h6-10,12-13H,5,18H2,1-4H3,(H,19,20)(H,21,26)(H,22,24)(H,23,25)(H,27,28). The van der Waals surface area contributed by atoms with E-state index in [9.17, 15) is 19.2 Å². The summed E-state index contributed by atoms with van der Waals surface area (Å²) >= 11 is 0. The summed E-state index contributed by atoms with van der Waals surface area (Å²) in [5.41, 5.74) is 6.14. The van der Waals surface area contributed by atoms with Crippen LogP contribution in [0.3, 0.4) is 0 Å². The lowest BCUT2D eigenvalue weighted by molar-refractivity contribution is -0.143. The quantitative estimate of drug-likeness (QED) is 0.279. The fourth-order valence-corrected chi connectivity index (χ4v) is 2.30. The molecule has 1 heterocycles. The minimum atomic E-state index is -1.16. The first kappa shape index (κ1) is 23.1. The number of aromatic nitrogens is 2. The van der Waals surface area contributed by atoms with Gasteiger partial charge in [0, 0.05) is 18.3 Å². The number of aliphatic carboxylic acids is 1. The summed E-state index contributed by atoms with van der Waals surface area (Å²) in [4.78, 5) is 54.7. The van der Waals surface area contributed by atoms with Crippen LogP contribution in [0.1, 0.15) is 33.4 Å². The Morgan fingerprint density at radius 3 is 2.18 bits per heavy atom. The highest BCUT2D eigenvalue weighted by molar-refractivity contribution is 5.93. The van der Waals surface area contributed by atoms with Crippen LogP contribution in [0.2, 0.25) is 0 Å². The van der Waals surface area contributed by atoms with Gasteiger partial charge < -0.3 is 31.8 Å². The number of carbonyl (C=O) groups is 4. The van der Waals surface area contributed by atoms with E-state index >= 15 is 0 Å². The number of aromatic amines is 1. The molecule has 11 heteroatoms. The van der Waals surface area contributed by atoms with Gasteiger partial charge in [0.25, 0.3) is 0 Å². The van der Waals surface area contributed by atoms with Gasteiger partial charge in [-0.05, 0) is 19.8 Å². The van der Waals surface area contributed by atoms with Crippen molar-refractivity contribution in [3.63, 3.8) is 0 Å². The van der Waals surface area contributed by atoms with Crippen molar-refractivity contribution in [2.45, 2.75) is 58.3 Å². The van der Waals surface area contributed by atoms with Crippen molar-refractivity contribution < 1.29 is 24.3 Å². The molecule has 0 spiro atoms. The number of H-pyrrole nitrogens is 1. The molecule has 1 aromatic heterocycles. The highest BCUT2D eigenvalue weighted by Gasteiger charge is 2.29. The summed E-state index contributed by atoms with van der Waals surface area (Å²) in [5.74, 6) is -3.27. The van der Waals surface area contributed by atoms with Crippen molar-refractivity contribution in [3.05, 3.63) is 18.2 Å². The highest BCUT2D eigenvalue weighted by atomic mass is 16.4. The highest BCUT2D eigenvalue weighted by Crippen LogP contribution is 2.03. The van der Waals surface area contributed by atoms with Gasteiger partial charge in [-0.15, -0.1) is 0 Å². The zero-order chi connectivity index (χ0) is 21.4. The van der Waals surface area contributed by atoms with Crippen molar-refractivity contribution >= 4 is 23.7 Å². The first-order chi connectivity index (χ1) is 13.0. The third-order valence-corrected chi connectivity index (χ3v) is 4.01. The Balaban J connectivity index is 2.80. The van der Waals surface area contributed by atoms with Crippen molar-refractivity contribution in [2.75, 3.05) is 0 Å². The van der Waals surface area contributed by atoms with Gasteiger partial charge in [0.2, 0.25) is 17.7 Å². The van der Waals surface area contributed by atoms with Crippen LogP contribution in [-0.2, 0) is 25.6 Å². The third-order valence-electron chi connectivity index (χ3n) is 4.01. The monoisotopic (exact) mass is 396 g/mol. The van der Waals surface area contributed by atoms with E-state index in [1.807, 2.05) is 0 Å². The largest absolute Gasteiger partial charge is 0.480 e. The van der Waals surface area contributed by atoms with Gasteiger partial charge in [0.05, 0.1) is 12.4 Å². The smallest absolute Gasteiger partial charge is 0.326 e. The summed E-state index contributed by atoms with van der Waals surface area (Å²) in [7, 11) is 0. The van der Waals surface area contributed by atoms with Gasteiger partial charge >= 0.3 is 5.97 Å². The molecule has 7 N–H and O–H groups in total. The molecule has 0 radical (unpaired) electrons. The Hall–Kier alpha value is -2.95. The molecule has 156 valence electrons. The van der Waals surface area contributed by atoms with Crippen molar-refractivity contribution in [3.8, 4) is 0 Å². The molecule has 1 aromatic rings. The zero-order valence-corrected chi connectivity index (χ0v) is 16.4. The molecule has 4 unspecified atom stereocenters. The molecule has 0 aliphatic carbocycles. The first-order valence-corrected chi connectivity index (χ1v) is 8.89. The maximum Gasteiger partial charge on any atom is 0.326 e. The second kappa shape index (κ2) is 10.4. The number of nitrogens with zero attached hydrogens (tertiary/aromatic N) is 1. The molecular weight excluding hydrogens is 368 g/mol. The lowest BCUT2D eigenvalue weighted by Crippen LogP contribution is -2.57. The van der Waals surface area contributed by atoms with Gasteiger partial charge in [-0.3, -0.25) is 14.4 Å². The molecule has 3 amide bonds.